The quantitative estimate of drug-likeness (QED) is 0.749. The van der Waals surface area contributed by atoms with Crippen LogP contribution in [0, 0.1) is 5.92 Å². The Labute approximate surface area is 130 Å². The lowest BCUT2D eigenvalue weighted by molar-refractivity contribution is 0.452. The highest BCUT2D eigenvalue weighted by Gasteiger charge is 2.16. The van der Waals surface area contributed by atoms with Crippen LogP contribution in [0.1, 0.15) is 59.6 Å². The van der Waals surface area contributed by atoms with Gasteiger partial charge < -0.3 is 15.3 Å². The van der Waals surface area contributed by atoms with E-state index in [1.807, 2.05) is 12.1 Å². The van der Waals surface area contributed by atoms with Crippen LogP contribution >= 0.6 is 0 Å². The van der Waals surface area contributed by atoms with E-state index in [-0.39, 0.29) is 6.04 Å². The zero-order chi connectivity index (χ0) is 16.0. The molecule has 2 N–H and O–H groups in total. The number of nitrogens with one attached hydrogen (secondary N) is 1. The Bertz CT molecular complexity index is 429. The zero-order valence-corrected chi connectivity index (χ0v) is 14.5. The van der Waals surface area contributed by atoms with Gasteiger partial charge in [-0.25, -0.2) is 0 Å². The summed E-state index contributed by atoms with van der Waals surface area (Å²) in [5.41, 5.74) is 2.07. The number of hydrogen-bond donors (Lipinski definition) is 2. The first-order valence-corrected chi connectivity index (χ1v) is 8.19. The maximum absolute atomic E-state index is 10.4. The van der Waals surface area contributed by atoms with E-state index < -0.39 is 0 Å². The molecule has 1 aromatic carbocycles. The average molecular weight is 292 g/mol. The van der Waals surface area contributed by atoms with E-state index in [4.69, 9.17) is 0 Å². The lowest BCUT2D eigenvalue weighted by Gasteiger charge is -2.31. The molecule has 0 aliphatic rings. The highest BCUT2D eigenvalue weighted by Crippen LogP contribution is 2.30. The SMILES string of the molecule is CCCNC(C)c1ccc(N(CC(C)C)C(C)C)cc1O. The lowest BCUT2D eigenvalue weighted by Crippen LogP contribution is -2.34. The Morgan fingerprint density at radius 1 is 1.14 bits per heavy atom. The van der Waals surface area contributed by atoms with E-state index in [1.165, 1.54) is 0 Å². The van der Waals surface area contributed by atoms with Gasteiger partial charge in [-0.05, 0) is 45.7 Å². The zero-order valence-electron chi connectivity index (χ0n) is 14.5. The van der Waals surface area contributed by atoms with Crippen LogP contribution in [-0.4, -0.2) is 24.2 Å². The van der Waals surface area contributed by atoms with Crippen molar-refractivity contribution in [3.63, 3.8) is 0 Å². The first-order chi connectivity index (χ1) is 9.86. The number of nitrogens with zero attached hydrogens (tertiary/aromatic N) is 1. The van der Waals surface area contributed by atoms with Gasteiger partial charge in [0.05, 0.1) is 0 Å². The molecule has 0 spiro atoms. The van der Waals surface area contributed by atoms with Crippen molar-refractivity contribution in [3.8, 4) is 5.75 Å². The third kappa shape index (κ3) is 5.24. The summed E-state index contributed by atoms with van der Waals surface area (Å²) in [6.45, 7) is 15.0. The second-order valence-corrected chi connectivity index (χ2v) is 6.56. The molecule has 3 nitrogen and oxygen atoms in total. The van der Waals surface area contributed by atoms with Gasteiger partial charge in [0, 0.05) is 35.9 Å². The molecule has 0 saturated heterocycles. The van der Waals surface area contributed by atoms with Gasteiger partial charge >= 0.3 is 0 Å². The number of aromatic hydroxyl groups is 1. The van der Waals surface area contributed by atoms with E-state index in [2.05, 4.69) is 57.8 Å². The predicted octanol–water partition coefficient (Wildman–Crippen LogP) is 4.32. The van der Waals surface area contributed by atoms with Crippen molar-refractivity contribution in [2.75, 3.05) is 18.0 Å². The van der Waals surface area contributed by atoms with Crippen molar-refractivity contribution >= 4 is 5.69 Å². The Hall–Kier alpha value is -1.22. The fraction of sp³-hybridized carbons (Fsp3) is 0.667. The summed E-state index contributed by atoms with van der Waals surface area (Å²) in [5.74, 6) is 0.984. The van der Waals surface area contributed by atoms with Crippen LogP contribution < -0.4 is 10.2 Å². The molecule has 0 fully saturated rings. The van der Waals surface area contributed by atoms with Crippen LogP contribution in [0.2, 0.25) is 0 Å². The van der Waals surface area contributed by atoms with Crippen molar-refractivity contribution in [2.45, 2.75) is 60.0 Å². The maximum atomic E-state index is 10.4. The average Bonchev–Trinajstić information content (AvgIpc) is 2.41. The van der Waals surface area contributed by atoms with Crippen LogP contribution in [0.15, 0.2) is 18.2 Å². The van der Waals surface area contributed by atoms with Gasteiger partial charge in [-0.15, -0.1) is 0 Å². The Balaban J connectivity index is 2.94. The van der Waals surface area contributed by atoms with Gasteiger partial charge in [-0.1, -0.05) is 26.8 Å². The molecule has 0 aliphatic carbocycles. The molecule has 120 valence electrons. The molecule has 0 aliphatic heterocycles. The second-order valence-electron chi connectivity index (χ2n) is 6.56. The van der Waals surface area contributed by atoms with Gasteiger partial charge in [-0.3, -0.25) is 0 Å². The van der Waals surface area contributed by atoms with Crippen molar-refractivity contribution in [1.82, 2.24) is 5.32 Å². The summed E-state index contributed by atoms with van der Waals surface area (Å²) in [6, 6.07) is 6.68. The molecule has 1 rings (SSSR count). The minimum Gasteiger partial charge on any atom is -0.508 e. The summed E-state index contributed by atoms with van der Waals surface area (Å²) >= 11 is 0. The fourth-order valence-electron chi connectivity index (χ4n) is 2.56. The number of anilines is 1. The van der Waals surface area contributed by atoms with E-state index >= 15 is 0 Å². The molecule has 21 heavy (non-hydrogen) atoms. The maximum Gasteiger partial charge on any atom is 0.122 e. The molecule has 1 atom stereocenters. The van der Waals surface area contributed by atoms with Gasteiger partial charge in [-0.2, -0.15) is 0 Å². The molecule has 0 saturated carbocycles. The minimum atomic E-state index is 0.177. The van der Waals surface area contributed by atoms with E-state index in [1.54, 1.807) is 0 Å². The molecule has 0 amide bonds. The van der Waals surface area contributed by atoms with Crippen molar-refractivity contribution < 1.29 is 5.11 Å². The molecule has 0 aromatic heterocycles. The third-order valence-corrected chi connectivity index (χ3v) is 3.70. The Morgan fingerprint density at radius 2 is 1.81 bits per heavy atom. The molecule has 3 heteroatoms. The van der Waals surface area contributed by atoms with Gasteiger partial charge in [0.25, 0.3) is 0 Å². The summed E-state index contributed by atoms with van der Waals surface area (Å²) in [6.07, 6.45) is 1.10. The van der Waals surface area contributed by atoms with Crippen LogP contribution in [0.3, 0.4) is 0 Å². The minimum absolute atomic E-state index is 0.177. The summed E-state index contributed by atoms with van der Waals surface area (Å²) in [5, 5.41) is 13.8. The molecule has 0 bridgehead atoms. The monoisotopic (exact) mass is 292 g/mol. The first-order valence-electron chi connectivity index (χ1n) is 8.19. The third-order valence-electron chi connectivity index (χ3n) is 3.70. The molecular weight excluding hydrogens is 260 g/mol. The number of rotatable bonds is 8. The number of phenols is 1. The highest BCUT2D eigenvalue weighted by atomic mass is 16.3. The normalized spacial score (nSPS) is 13.0. The smallest absolute Gasteiger partial charge is 0.122 e. The number of hydrogen-bond acceptors (Lipinski definition) is 3. The standard InChI is InChI=1S/C18H32N2O/c1-7-10-19-15(6)17-9-8-16(11-18(17)21)20(14(4)5)12-13(2)3/h8-9,11,13-15,19,21H,7,10,12H2,1-6H3. The van der Waals surface area contributed by atoms with Crippen molar-refractivity contribution in [1.29, 1.82) is 0 Å². The van der Waals surface area contributed by atoms with Gasteiger partial charge in [0.15, 0.2) is 0 Å². The number of benzene rings is 1. The Kier molecular flexibility index (Phi) is 7.03. The van der Waals surface area contributed by atoms with Gasteiger partial charge in [0.1, 0.15) is 5.75 Å². The molecule has 1 aromatic rings. The van der Waals surface area contributed by atoms with Crippen LogP contribution in [0.25, 0.3) is 0 Å². The topological polar surface area (TPSA) is 35.5 Å². The Morgan fingerprint density at radius 3 is 2.29 bits per heavy atom. The molecule has 0 radical (unpaired) electrons. The summed E-state index contributed by atoms with van der Waals surface area (Å²) in [7, 11) is 0. The number of phenolic OH excluding ortho intramolecular Hbond substituents is 1. The van der Waals surface area contributed by atoms with E-state index in [9.17, 15) is 5.11 Å². The molecule has 1 unspecified atom stereocenters. The largest absolute Gasteiger partial charge is 0.508 e. The summed E-state index contributed by atoms with van der Waals surface area (Å²) < 4.78 is 0. The second kappa shape index (κ2) is 8.28. The first kappa shape index (κ1) is 17.8. The summed E-state index contributed by atoms with van der Waals surface area (Å²) in [4.78, 5) is 2.35. The lowest BCUT2D eigenvalue weighted by atomic mass is 10.0. The van der Waals surface area contributed by atoms with E-state index in [0.717, 1.165) is 30.8 Å². The van der Waals surface area contributed by atoms with Gasteiger partial charge in [0.2, 0.25) is 0 Å². The van der Waals surface area contributed by atoms with Crippen molar-refractivity contribution in [3.05, 3.63) is 23.8 Å². The molecule has 0 heterocycles. The fourth-order valence-corrected chi connectivity index (χ4v) is 2.56. The van der Waals surface area contributed by atoms with Crippen LogP contribution in [0.5, 0.6) is 5.75 Å². The van der Waals surface area contributed by atoms with Crippen LogP contribution in [-0.2, 0) is 0 Å². The van der Waals surface area contributed by atoms with Crippen molar-refractivity contribution in [2.24, 2.45) is 5.92 Å². The van der Waals surface area contributed by atoms with E-state index in [0.29, 0.717) is 17.7 Å². The van der Waals surface area contributed by atoms with Crippen LogP contribution in [0.4, 0.5) is 5.69 Å². The highest BCUT2D eigenvalue weighted by molar-refractivity contribution is 5.54. The predicted molar refractivity (Wildman–Crippen MR) is 92.1 cm³/mol. The molecular formula is C18H32N2O.